The van der Waals surface area contributed by atoms with Gasteiger partial charge >= 0.3 is 0 Å². The summed E-state index contributed by atoms with van der Waals surface area (Å²) in [5.41, 5.74) is 5.48. The van der Waals surface area contributed by atoms with Gasteiger partial charge < -0.3 is 4.90 Å². The first-order chi connectivity index (χ1) is 17.3. The Hall–Kier alpha value is -3.71. The van der Waals surface area contributed by atoms with Crippen LogP contribution in [0.4, 0.5) is 5.82 Å². The average Bonchev–Trinajstić information content (AvgIpc) is 3.52. The number of nitrogens with one attached hydrogen (secondary N) is 1. The number of aryl methyl sites for hydroxylation is 2. The topological polar surface area (TPSA) is 134 Å². The van der Waals surface area contributed by atoms with Crippen molar-refractivity contribution in [3.8, 4) is 0 Å². The highest BCUT2D eigenvalue weighted by molar-refractivity contribution is 7.09. The molecule has 1 aliphatic rings. The van der Waals surface area contributed by atoms with Crippen LogP contribution in [-0.4, -0.2) is 71.8 Å². The molecule has 0 bridgehead atoms. The molecule has 0 aliphatic carbocycles. The van der Waals surface area contributed by atoms with Crippen LogP contribution in [0.5, 0.6) is 0 Å². The van der Waals surface area contributed by atoms with Gasteiger partial charge in [0.25, 0.3) is 11.8 Å². The Morgan fingerprint density at radius 3 is 2.64 bits per heavy atom. The number of carbonyl (C=O) groups is 2. The van der Waals surface area contributed by atoms with Crippen LogP contribution in [0.15, 0.2) is 23.6 Å². The number of nitrogens with zero attached hydrogens (tertiary/aromatic N) is 9. The SMILES string of the molecule is Cc1cc2nnc(C(=O)N3CCC(c4nc(C(=O)NN(C)c5ccc(Cl)nn5)cs4)CC3)c(C)n2n1. The molecule has 2 amide bonds. The summed E-state index contributed by atoms with van der Waals surface area (Å²) in [4.78, 5) is 32.2. The van der Waals surface area contributed by atoms with Crippen molar-refractivity contribution in [2.24, 2.45) is 0 Å². The third kappa shape index (κ3) is 4.71. The Balaban J connectivity index is 1.20. The number of likely N-dealkylation sites (tertiary alicyclic amines) is 1. The summed E-state index contributed by atoms with van der Waals surface area (Å²) >= 11 is 7.21. The lowest BCUT2D eigenvalue weighted by Gasteiger charge is -2.31. The van der Waals surface area contributed by atoms with Gasteiger partial charge in [-0.15, -0.1) is 31.7 Å². The number of fused-ring (bicyclic) bond motifs is 1. The summed E-state index contributed by atoms with van der Waals surface area (Å²) in [6, 6.07) is 5.07. The molecule has 0 aromatic carbocycles. The highest BCUT2D eigenvalue weighted by Crippen LogP contribution is 2.31. The van der Waals surface area contributed by atoms with E-state index in [4.69, 9.17) is 11.6 Å². The molecule has 0 spiro atoms. The van der Waals surface area contributed by atoms with Gasteiger partial charge in [-0.2, -0.15) is 5.10 Å². The van der Waals surface area contributed by atoms with Crippen LogP contribution in [0.2, 0.25) is 5.15 Å². The summed E-state index contributed by atoms with van der Waals surface area (Å²) < 4.78 is 1.65. The summed E-state index contributed by atoms with van der Waals surface area (Å²) in [5, 5.41) is 24.8. The largest absolute Gasteiger partial charge is 0.337 e. The third-order valence-electron chi connectivity index (χ3n) is 6.04. The number of rotatable bonds is 5. The number of hydrogen-bond acceptors (Lipinski definition) is 10. The molecule has 12 nitrogen and oxygen atoms in total. The van der Waals surface area contributed by atoms with E-state index in [0.29, 0.717) is 41.6 Å². The van der Waals surface area contributed by atoms with E-state index in [2.05, 4.69) is 35.9 Å². The predicted molar refractivity (Wildman–Crippen MR) is 133 cm³/mol. The lowest BCUT2D eigenvalue weighted by molar-refractivity contribution is 0.0704. The monoisotopic (exact) mass is 526 g/mol. The van der Waals surface area contributed by atoms with E-state index < -0.39 is 0 Å². The molecule has 1 saturated heterocycles. The maximum Gasteiger partial charge on any atom is 0.289 e. The lowest BCUT2D eigenvalue weighted by atomic mass is 9.97. The van der Waals surface area contributed by atoms with Gasteiger partial charge in [0.05, 0.1) is 16.4 Å². The minimum Gasteiger partial charge on any atom is -0.337 e. The van der Waals surface area contributed by atoms with Crippen molar-refractivity contribution >= 4 is 46.2 Å². The zero-order valence-electron chi connectivity index (χ0n) is 19.8. The Morgan fingerprint density at radius 2 is 1.92 bits per heavy atom. The second-order valence-corrected chi connectivity index (χ2v) is 9.82. The van der Waals surface area contributed by atoms with Crippen molar-refractivity contribution in [2.75, 3.05) is 25.1 Å². The number of halogens is 1. The van der Waals surface area contributed by atoms with E-state index in [-0.39, 0.29) is 22.9 Å². The van der Waals surface area contributed by atoms with Crippen LogP contribution in [0.1, 0.15) is 56.1 Å². The molecule has 1 fully saturated rings. The number of carbonyl (C=O) groups excluding carboxylic acids is 2. The quantitative estimate of drug-likeness (QED) is 0.389. The highest BCUT2D eigenvalue weighted by atomic mass is 35.5. The van der Waals surface area contributed by atoms with Crippen molar-refractivity contribution in [2.45, 2.75) is 32.6 Å². The number of aromatic nitrogens is 7. The van der Waals surface area contributed by atoms with Gasteiger partial charge in [0.1, 0.15) is 5.69 Å². The normalized spacial score (nSPS) is 14.3. The molecule has 5 heterocycles. The number of amides is 2. The molecule has 0 saturated carbocycles. The molecule has 4 aromatic heterocycles. The Morgan fingerprint density at radius 1 is 1.14 bits per heavy atom. The van der Waals surface area contributed by atoms with E-state index >= 15 is 0 Å². The number of hydrogen-bond donors (Lipinski definition) is 1. The molecule has 36 heavy (non-hydrogen) atoms. The van der Waals surface area contributed by atoms with E-state index in [0.717, 1.165) is 23.5 Å². The van der Waals surface area contributed by atoms with Crippen LogP contribution in [0, 0.1) is 13.8 Å². The molecule has 1 aliphatic heterocycles. The molecule has 4 aromatic rings. The summed E-state index contributed by atoms with van der Waals surface area (Å²) in [7, 11) is 1.66. The first kappa shape index (κ1) is 24.0. The van der Waals surface area contributed by atoms with Crippen molar-refractivity contribution in [1.82, 2.24) is 45.3 Å². The van der Waals surface area contributed by atoms with Crippen LogP contribution in [-0.2, 0) is 0 Å². The number of anilines is 1. The minimum absolute atomic E-state index is 0.152. The summed E-state index contributed by atoms with van der Waals surface area (Å²) in [6.45, 7) is 4.84. The molecular weight excluding hydrogens is 504 g/mol. The van der Waals surface area contributed by atoms with Crippen molar-refractivity contribution in [1.29, 1.82) is 0 Å². The Kier molecular flexibility index (Phi) is 6.49. The number of hydrazine groups is 1. The molecule has 5 rings (SSSR count). The molecule has 0 unspecified atom stereocenters. The fourth-order valence-corrected chi connectivity index (χ4v) is 5.16. The molecular formula is C22H23ClN10O2S. The van der Waals surface area contributed by atoms with E-state index in [9.17, 15) is 9.59 Å². The standard InChI is InChI=1S/C22H23ClN10O2S/c1-12-10-18-27-28-19(13(2)33(18)29-12)22(35)32-8-6-14(7-9-32)21-24-15(11-36-21)20(34)30-31(3)17-5-4-16(23)25-26-17/h4-5,10-11,14H,6-9H2,1-3H3,(H,30,34). The van der Waals surface area contributed by atoms with Crippen LogP contribution < -0.4 is 10.4 Å². The van der Waals surface area contributed by atoms with Gasteiger partial charge in [-0.3, -0.25) is 20.0 Å². The second kappa shape index (κ2) is 9.74. The third-order valence-corrected chi connectivity index (χ3v) is 7.25. The molecule has 0 radical (unpaired) electrons. The predicted octanol–water partition coefficient (Wildman–Crippen LogP) is 2.44. The Bertz CT molecular complexity index is 1430. The van der Waals surface area contributed by atoms with Gasteiger partial charge in [0, 0.05) is 37.5 Å². The van der Waals surface area contributed by atoms with Crippen LogP contribution in [0.25, 0.3) is 5.65 Å². The molecule has 0 atom stereocenters. The Labute approximate surface area is 215 Å². The highest BCUT2D eigenvalue weighted by Gasteiger charge is 2.29. The van der Waals surface area contributed by atoms with Gasteiger partial charge in [-0.05, 0) is 38.8 Å². The molecule has 186 valence electrons. The smallest absolute Gasteiger partial charge is 0.289 e. The van der Waals surface area contributed by atoms with Crippen LogP contribution >= 0.6 is 22.9 Å². The summed E-state index contributed by atoms with van der Waals surface area (Å²) in [5.74, 6) is 0.120. The minimum atomic E-state index is -0.345. The molecule has 1 N–H and O–H groups in total. The first-order valence-corrected chi connectivity index (χ1v) is 12.5. The van der Waals surface area contributed by atoms with Gasteiger partial charge in [0.2, 0.25) is 0 Å². The fourth-order valence-electron chi connectivity index (χ4n) is 4.09. The van der Waals surface area contributed by atoms with Gasteiger partial charge in [-0.25, -0.2) is 9.50 Å². The summed E-state index contributed by atoms with van der Waals surface area (Å²) in [6.07, 6.45) is 1.49. The van der Waals surface area contributed by atoms with Gasteiger partial charge in [-0.1, -0.05) is 11.6 Å². The van der Waals surface area contributed by atoms with Crippen molar-refractivity contribution in [3.05, 3.63) is 56.5 Å². The van der Waals surface area contributed by atoms with E-state index in [1.54, 1.807) is 34.0 Å². The lowest BCUT2D eigenvalue weighted by Crippen LogP contribution is -2.40. The van der Waals surface area contributed by atoms with Gasteiger partial charge in [0.15, 0.2) is 22.3 Å². The average molecular weight is 527 g/mol. The zero-order valence-corrected chi connectivity index (χ0v) is 21.4. The zero-order chi connectivity index (χ0) is 25.4. The van der Waals surface area contributed by atoms with Crippen LogP contribution in [0.3, 0.4) is 0 Å². The second-order valence-electron chi connectivity index (χ2n) is 8.54. The maximum atomic E-state index is 13.1. The van der Waals surface area contributed by atoms with Crippen molar-refractivity contribution < 1.29 is 9.59 Å². The first-order valence-electron chi connectivity index (χ1n) is 11.3. The number of piperidine rings is 1. The van der Waals surface area contributed by atoms with E-state index in [1.807, 2.05) is 19.9 Å². The van der Waals surface area contributed by atoms with E-state index in [1.165, 1.54) is 16.3 Å². The molecule has 14 heteroatoms. The maximum absolute atomic E-state index is 13.1. The van der Waals surface area contributed by atoms with Crippen molar-refractivity contribution in [3.63, 3.8) is 0 Å². The fraction of sp³-hybridized carbons (Fsp3) is 0.364. The number of thiazole rings is 1.